The van der Waals surface area contributed by atoms with Crippen molar-refractivity contribution in [2.24, 2.45) is 5.92 Å². The summed E-state index contributed by atoms with van der Waals surface area (Å²) in [5.41, 5.74) is 1.50. The summed E-state index contributed by atoms with van der Waals surface area (Å²) in [5, 5.41) is 4.90. The molecule has 2 aromatic carbocycles. The zero-order valence-electron chi connectivity index (χ0n) is 18.1. The van der Waals surface area contributed by atoms with Crippen LogP contribution in [0.2, 0.25) is 20.1 Å². The summed E-state index contributed by atoms with van der Waals surface area (Å²) in [6.07, 6.45) is 0. The van der Waals surface area contributed by atoms with E-state index in [2.05, 4.69) is 5.32 Å². The summed E-state index contributed by atoms with van der Waals surface area (Å²) in [6.45, 7) is 6.39. The molecule has 4 nitrogen and oxygen atoms in total. The normalized spacial score (nSPS) is 12.0. The Kier molecular flexibility index (Phi) is 11.0. The van der Waals surface area contributed by atoms with Crippen molar-refractivity contribution in [2.45, 2.75) is 39.1 Å². The highest BCUT2D eigenvalue weighted by molar-refractivity contribution is 7.99. The Balaban J connectivity index is 2.14. The summed E-state index contributed by atoms with van der Waals surface area (Å²) in [6, 6.07) is 9.76. The summed E-state index contributed by atoms with van der Waals surface area (Å²) in [7, 11) is 0. The average molecular weight is 536 g/mol. The van der Waals surface area contributed by atoms with E-state index in [1.165, 1.54) is 16.7 Å². The third-order valence-corrected chi connectivity index (χ3v) is 7.00. The molecule has 0 aliphatic carbocycles. The number of benzene rings is 2. The number of hydrogen-bond donors (Lipinski definition) is 1. The predicted molar refractivity (Wildman–Crippen MR) is 137 cm³/mol. The lowest BCUT2D eigenvalue weighted by Crippen LogP contribution is -2.48. The zero-order valence-corrected chi connectivity index (χ0v) is 22.0. The second kappa shape index (κ2) is 13.0. The third kappa shape index (κ3) is 8.03. The fraction of sp³-hybridized carbons (Fsp3) is 0.391. The summed E-state index contributed by atoms with van der Waals surface area (Å²) < 4.78 is 0. The number of nitrogens with zero attached hydrogens (tertiary/aromatic N) is 1. The number of carbonyl (C=O) groups is 2. The highest BCUT2D eigenvalue weighted by Gasteiger charge is 2.27. The van der Waals surface area contributed by atoms with E-state index in [-0.39, 0.29) is 24.1 Å². The number of rotatable bonds is 10. The van der Waals surface area contributed by atoms with Gasteiger partial charge in [0.1, 0.15) is 6.04 Å². The van der Waals surface area contributed by atoms with Gasteiger partial charge in [-0.2, -0.15) is 0 Å². The van der Waals surface area contributed by atoms with Gasteiger partial charge in [-0.25, -0.2) is 0 Å². The van der Waals surface area contributed by atoms with Crippen LogP contribution in [0.1, 0.15) is 31.9 Å². The molecule has 9 heteroatoms. The van der Waals surface area contributed by atoms with E-state index in [9.17, 15) is 9.59 Å². The van der Waals surface area contributed by atoms with Gasteiger partial charge in [0.25, 0.3) is 0 Å². The molecule has 2 rings (SSSR count). The van der Waals surface area contributed by atoms with Gasteiger partial charge in [-0.1, -0.05) is 72.4 Å². The smallest absolute Gasteiger partial charge is 0.242 e. The maximum absolute atomic E-state index is 13.2. The average Bonchev–Trinajstić information content (AvgIpc) is 2.72. The van der Waals surface area contributed by atoms with Crippen molar-refractivity contribution in [1.29, 1.82) is 0 Å². The number of nitrogens with one attached hydrogen (secondary N) is 1. The topological polar surface area (TPSA) is 49.4 Å². The van der Waals surface area contributed by atoms with Crippen LogP contribution in [-0.2, 0) is 21.9 Å². The molecule has 0 radical (unpaired) electrons. The number of thioether (sulfide) groups is 1. The Morgan fingerprint density at radius 3 is 2.25 bits per heavy atom. The first-order valence-electron chi connectivity index (χ1n) is 10.1. The Hall–Kier alpha value is -1.11. The zero-order chi connectivity index (χ0) is 23.8. The van der Waals surface area contributed by atoms with Crippen LogP contribution in [0.3, 0.4) is 0 Å². The first-order chi connectivity index (χ1) is 15.1. The first kappa shape index (κ1) is 27.1. The van der Waals surface area contributed by atoms with Crippen LogP contribution in [0, 0.1) is 5.92 Å². The van der Waals surface area contributed by atoms with Crippen molar-refractivity contribution in [2.75, 3.05) is 12.3 Å². The molecule has 1 atom stereocenters. The molecule has 2 amide bonds. The van der Waals surface area contributed by atoms with Crippen molar-refractivity contribution in [3.8, 4) is 0 Å². The van der Waals surface area contributed by atoms with Crippen LogP contribution in [0.15, 0.2) is 36.4 Å². The predicted octanol–water partition coefficient (Wildman–Crippen LogP) is 6.72. The maximum Gasteiger partial charge on any atom is 0.242 e. The van der Waals surface area contributed by atoms with Gasteiger partial charge in [0.2, 0.25) is 11.8 Å². The van der Waals surface area contributed by atoms with Gasteiger partial charge in [-0.3, -0.25) is 9.59 Å². The lowest BCUT2D eigenvalue weighted by molar-refractivity contribution is -0.138. The van der Waals surface area contributed by atoms with Gasteiger partial charge >= 0.3 is 0 Å². The van der Waals surface area contributed by atoms with E-state index < -0.39 is 6.04 Å². The molecular formula is C23H26Cl4N2O2S. The fourth-order valence-electron chi connectivity index (χ4n) is 2.86. The molecule has 0 aliphatic heterocycles. The van der Waals surface area contributed by atoms with E-state index in [1.54, 1.807) is 37.3 Å². The first-order valence-corrected chi connectivity index (χ1v) is 12.8. The Morgan fingerprint density at radius 2 is 1.66 bits per heavy atom. The van der Waals surface area contributed by atoms with E-state index in [0.29, 0.717) is 43.9 Å². The largest absolute Gasteiger partial charge is 0.354 e. The SMILES string of the molecule is CC(C)CNC(=O)[C@@H](C)N(Cc1c(Cl)cccc1Cl)C(=O)CSCc1ccc(Cl)cc1Cl. The van der Waals surface area contributed by atoms with Crippen LogP contribution >= 0.6 is 58.2 Å². The van der Waals surface area contributed by atoms with E-state index in [4.69, 9.17) is 46.4 Å². The van der Waals surface area contributed by atoms with E-state index in [0.717, 1.165) is 5.56 Å². The lowest BCUT2D eigenvalue weighted by atomic mass is 10.1. The van der Waals surface area contributed by atoms with Gasteiger partial charge in [0.05, 0.1) is 5.75 Å². The second-order valence-electron chi connectivity index (χ2n) is 7.77. The van der Waals surface area contributed by atoms with Crippen molar-refractivity contribution in [1.82, 2.24) is 10.2 Å². The second-order valence-corrected chi connectivity index (χ2v) is 10.4. The van der Waals surface area contributed by atoms with Crippen molar-refractivity contribution in [3.05, 3.63) is 67.6 Å². The minimum absolute atomic E-state index is 0.135. The molecule has 0 bridgehead atoms. The molecule has 0 saturated heterocycles. The van der Waals surface area contributed by atoms with E-state index in [1.807, 2.05) is 19.9 Å². The summed E-state index contributed by atoms with van der Waals surface area (Å²) in [4.78, 5) is 27.4. The number of amides is 2. The molecule has 2 aromatic rings. The van der Waals surface area contributed by atoms with Gasteiger partial charge < -0.3 is 10.2 Å². The van der Waals surface area contributed by atoms with Crippen LogP contribution in [0.25, 0.3) is 0 Å². The number of halogens is 4. The molecule has 0 heterocycles. The molecule has 1 N–H and O–H groups in total. The molecule has 0 spiro atoms. The van der Waals surface area contributed by atoms with Gasteiger partial charge in [0.15, 0.2) is 0 Å². The van der Waals surface area contributed by atoms with Gasteiger partial charge in [-0.15, -0.1) is 11.8 Å². The Bertz CT molecular complexity index is 935. The Morgan fingerprint density at radius 1 is 1.00 bits per heavy atom. The van der Waals surface area contributed by atoms with Crippen LogP contribution in [0.5, 0.6) is 0 Å². The lowest BCUT2D eigenvalue weighted by Gasteiger charge is -2.29. The summed E-state index contributed by atoms with van der Waals surface area (Å²) in [5.74, 6) is 0.594. The van der Waals surface area contributed by atoms with Crippen molar-refractivity contribution < 1.29 is 9.59 Å². The van der Waals surface area contributed by atoms with Gasteiger partial charge in [-0.05, 0) is 42.7 Å². The minimum atomic E-state index is -0.687. The van der Waals surface area contributed by atoms with Crippen molar-refractivity contribution >= 4 is 70.0 Å². The maximum atomic E-state index is 13.2. The molecular weight excluding hydrogens is 510 g/mol. The molecule has 0 aliphatic rings. The van der Waals surface area contributed by atoms with E-state index >= 15 is 0 Å². The Labute approximate surface area is 213 Å². The molecule has 32 heavy (non-hydrogen) atoms. The standard InChI is InChI=1S/C23H26Cl4N2O2S/c1-14(2)10-28-23(31)15(3)29(11-18-19(25)5-4-6-20(18)26)22(30)13-32-12-16-7-8-17(24)9-21(16)27/h4-9,14-15H,10-13H2,1-3H3,(H,28,31)/t15-/m1/s1. The molecule has 0 fully saturated rings. The van der Waals surface area contributed by atoms with Crippen LogP contribution in [-0.4, -0.2) is 35.1 Å². The number of hydrogen-bond acceptors (Lipinski definition) is 3. The monoisotopic (exact) mass is 534 g/mol. The molecule has 0 unspecified atom stereocenters. The summed E-state index contributed by atoms with van der Waals surface area (Å²) >= 11 is 26.2. The fourth-order valence-corrected chi connectivity index (χ4v) is 4.84. The quantitative estimate of drug-likeness (QED) is 0.367. The molecule has 0 saturated carbocycles. The van der Waals surface area contributed by atoms with Gasteiger partial charge in [0, 0.05) is 44.5 Å². The number of carbonyl (C=O) groups excluding carboxylic acids is 2. The highest BCUT2D eigenvalue weighted by atomic mass is 35.5. The van der Waals surface area contributed by atoms with Crippen LogP contribution < -0.4 is 5.32 Å². The minimum Gasteiger partial charge on any atom is -0.354 e. The third-order valence-electron chi connectivity index (χ3n) is 4.74. The van der Waals surface area contributed by atoms with Crippen molar-refractivity contribution in [3.63, 3.8) is 0 Å². The van der Waals surface area contributed by atoms with Crippen LogP contribution in [0.4, 0.5) is 0 Å². The molecule has 174 valence electrons. The highest BCUT2D eigenvalue weighted by Crippen LogP contribution is 2.28. The molecule has 0 aromatic heterocycles.